The molecule has 0 fully saturated rings. The van der Waals surface area contributed by atoms with Crippen LogP contribution in [0.2, 0.25) is 0 Å². The molecule has 0 saturated heterocycles. The first-order valence-electron chi connectivity index (χ1n) is 4.13. The van der Waals surface area contributed by atoms with Crippen LogP contribution in [0.4, 0.5) is 0 Å². The van der Waals surface area contributed by atoms with Crippen molar-refractivity contribution < 1.29 is 4.79 Å². The second-order valence-corrected chi connectivity index (χ2v) is 2.60. The summed E-state index contributed by atoms with van der Waals surface area (Å²) >= 11 is 0. The molecule has 2 rings (SSSR count). The summed E-state index contributed by atoms with van der Waals surface area (Å²) in [6.07, 6.45) is 4.32. The second-order valence-electron chi connectivity index (χ2n) is 2.60. The van der Waals surface area contributed by atoms with E-state index < -0.39 is 0 Å². The van der Waals surface area contributed by atoms with Crippen molar-refractivity contribution >= 4 is 5.91 Å². The van der Waals surface area contributed by atoms with E-state index in [1.165, 1.54) is 18.6 Å². The molecule has 8 nitrogen and oxygen atoms in total. The van der Waals surface area contributed by atoms with Gasteiger partial charge in [0.15, 0.2) is 5.82 Å². The van der Waals surface area contributed by atoms with Gasteiger partial charge in [-0.15, -0.1) is 10.2 Å². The number of carbonyl (C=O) groups is 1. The predicted molar refractivity (Wildman–Crippen MR) is 47.4 cm³/mol. The summed E-state index contributed by atoms with van der Waals surface area (Å²) in [6.45, 7) is 0.200. The fourth-order valence-electron chi connectivity index (χ4n) is 0.924. The van der Waals surface area contributed by atoms with Gasteiger partial charge in [0.1, 0.15) is 5.69 Å². The van der Waals surface area contributed by atoms with Crippen molar-refractivity contribution in [3.8, 4) is 0 Å². The highest BCUT2D eigenvalue weighted by atomic mass is 16.1. The first-order valence-corrected chi connectivity index (χ1v) is 4.13. The van der Waals surface area contributed by atoms with Crippen LogP contribution in [0.1, 0.15) is 16.3 Å². The molecule has 0 atom stereocenters. The molecule has 1 amide bonds. The number of hydrogen-bond donors (Lipinski definition) is 2. The maximum atomic E-state index is 11.4. The Morgan fingerprint density at radius 3 is 3.07 bits per heavy atom. The largest absolute Gasteiger partial charge is 0.343 e. The van der Waals surface area contributed by atoms with E-state index in [0.717, 1.165) is 0 Å². The van der Waals surface area contributed by atoms with E-state index in [9.17, 15) is 4.79 Å². The molecule has 15 heavy (non-hydrogen) atoms. The fourth-order valence-corrected chi connectivity index (χ4v) is 0.924. The number of aromatic nitrogens is 6. The van der Waals surface area contributed by atoms with Crippen molar-refractivity contribution in [3.63, 3.8) is 0 Å². The average molecular weight is 205 g/mol. The normalized spacial score (nSPS) is 9.87. The summed E-state index contributed by atoms with van der Waals surface area (Å²) in [7, 11) is 0. The van der Waals surface area contributed by atoms with E-state index in [1.807, 2.05) is 0 Å². The Morgan fingerprint density at radius 2 is 2.40 bits per heavy atom. The van der Waals surface area contributed by atoms with Crippen LogP contribution in [0.15, 0.2) is 18.6 Å². The van der Waals surface area contributed by atoms with Crippen molar-refractivity contribution in [2.24, 2.45) is 0 Å². The van der Waals surface area contributed by atoms with Crippen molar-refractivity contribution in [2.45, 2.75) is 6.54 Å². The highest BCUT2D eigenvalue weighted by Crippen LogP contribution is 1.90. The summed E-state index contributed by atoms with van der Waals surface area (Å²) < 4.78 is 0. The molecule has 2 aromatic heterocycles. The Balaban J connectivity index is 1.94. The van der Waals surface area contributed by atoms with Gasteiger partial charge in [0, 0.05) is 12.4 Å². The zero-order valence-electron chi connectivity index (χ0n) is 7.58. The second kappa shape index (κ2) is 4.22. The maximum absolute atomic E-state index is 11.4. The molecular weight excluding hydrogens is 198 g/mol. The van der Waals surface area contributed by atoms with Crippen LogP contribution in [-0.4, -0.2) is 36.5 Å². The Bertz CT molecular complexity index is 426. The van der Waals surface area contributed by atoms with Crippen LogP contribution in [0.25, 0.3) is 0 Å². The van der Waals surface area contributed by atoms with Gasteiger partial charge in [0.25, 0.3) is 5.91 Å². The zero-order chi connectivity index (χ0) is 10.5. The third-order valence-corrected chi connectivity index (χ3v) is 1.59. The lowest BCUT2D eigenvalue weighted by Crippen LogP contribution is -2.24. The molecule has 0 unspecified atom stereocenters. The predicted octanol–water partition coefficient (Wildman–Crippen LogP) is -1.08. The number of nitrogens with zero attached hydrogens (tertiary/aromatic N) is 5. The van der Waals surface area contributed by atoms with Crippen molar-refractivity contribution in [1.82, 2.24) is 35.9 Å². The molecule has 0 spiro atoms. The molecule has 0 aliphatic rings. The van der Waals surface area contributed by atoms with Gasteiger partial charge >= 0.3 is 0 Å². The van der Waals surface area contributed by atoms with Crippen LogP contribution < -0.4 is 5.32 Å². The molecule has 8 heteroatoms. The fraction of sp³-hybridized carbons (Fsp3) is 0.143. The van der Waals surface area contributed by atoms with Crippen LogP contribution in [0.5, 0.6) is 0 Å². The molecule has 2 heterocycles. The summed E-state index contributed by atoms with van der Waals surface area (Å²) in [5.41, 5.74) is 0.251. The van der Waals surface area contributed by atoms with Crippen molar-refractivity contribution in [3.05, 3.63) is 30.1 Å². The minimum Gasteiger partial charge on any atom is -0.343 e. The third kappa shape index (κ3) is 2.30. The Hall–Kier alpha value is -2.38. The zero-order valence-corrected chi connectivity index (χ0v) is 7.58. The molecule has 0 aliphatic carbocycles. The first kappa shape index (κ1) is 9.19. The molecule has 2 N–H and O–H groups in total. The minimum absolute atomic E-state index is 0.200. The van der Waals surface area contributed by atoms with Crippen LogP contribution in [-0.2, 0) is 6.54 Å². The number of aromatic amines is 1. The number of carbonyl (C=O) groups excluding carboxylic acids is 1. The van der Waals surface area contributed by atoms with Gasteiger partial charge in [-0.25, -0.2) is 4.98 Å². The average Bonchev–Trinajstić information content (AvgIpc) is 2.80. The van der Waals surface area contributed by atoms with Gasteiger partial charge < -0.3 is 5.32 Å². The lowest BCUT2D eigenvalue weighted by atomic mass is 10.4. The van der Waals surface area contributed by atoms with E-state index in [1.54, 1.807) is 0 Å². The standard InChI is InChI=1S/C7H7N7O/c15-7(5-3-8-1-2-9-5)10-4-6-11-13-14-12-6/h1-3H,4H2,(H,10,15)(H,11,12,13,14). The monoisotopic (exact) mass is 205 g/mol. The molecule has 2 aromatic rings. The van der Waals surface area contributed by atoms with E-state index in [-0.39, 0.29) is 18.1 Å². The summed E-state index contributed by atoms with van der Waals surface area (Å²) in [4.78, 5) is 19.1. The van der Waals surface area contributed by atoms with Gasteiger partial charge in [-0.05, 0) is 0 Å². The number of rotatable bonds is 3. The topological polar surface area (TPSA) is 109 Å². The Kier molecular flexibility index (Phi) is 2.59. The number of hydrogen-bond acceptors (Lipinski definition) is 6. The van der Waals surface area contributed by atoms with Crippen molar-refractivity contribution in [2.75, 3.05) is 0 Å². The number of amides is 1. The number of H-pyrrole nitrogens is 1. The molecule has 0 bridgehead atoms. The van der Waals surface area contributed by atoms with Crippen LogP contribution >= 0.6 is 0 Å². The Morgan fingerprint density at radius 1 is 1.47 bits per heavy atom. The van der Waals surface area contributed by atoms with Crippen LogP contribution in [0, 0.1) is 0 Å². The molecular formula is C7H7N7O. The highest BCUT2D eigenvalue weighted by Gasteiger charge is 2.07. The maximum Gasteiger partial charge on any atom is 0.271 e. The molecule has 0 saturated carbocycles. The third-order valence-electron chi connectivity index (χ3n) is 1.59. The van der Waals surface area contributed by atoms with E-state index in [0.29, 0.717) is 5.82 Å². The van der Waals surface area contributed by atoms with Gasteiger partial charge in [0.05, 0.1) is 12.7 Å². The molecule has 0 aliphatic heterocycles. The first-order chi connectivity index (χ1) is 7.36. The quantitative estimate of drug-likeness (QED) is 0.659. The van der Waals surface area contributed by atoms with Gasteiger partial charge in [-0.2, -0.15) is 5.21 Å². The molecule has 0 radical (unpaired) electrons. The summed E-state index contributed by atoms with van der Waals surface area (Å²) in [6, 6.07) is 0. The Labute approximate surface area is 84.1 Å². The van der Waals surface area contributed by atoms with Crippen molar-refractivity contribution in [1.29, 1.82) is 0 Å². The van der Waals surface area contributed by atoms with Crippen LogP contribution in [0.3, 0.4) is 0 Å². The van der Waals surface area contributed by atoms with Gasteiger partial charge in [-0.1, -0.05) is 5.21 Å². The number of tetrazole rings is 1. The van der Waals surface area contributed by atoms with E-state index >= 15 is 0 Å². The summed E-state index contributed by atoms with van der Waals surface area (Å²) in [5, 5.41) is 15.6. The smallest absolute Gasteiger partial charge is 0.271 e. The minimum atomic E-state index is -0.326. The van der Waals surface area contributed by atoms with E-state index in [4.69, 9.17) is 0 Å². The highest BCUT2D eigenvalue weighted by molar-refractivity contribution is 5.91. The van der Waals surface area contributed by atoms with Gasteiger partial charge in [0.2, 0.25) is 0 Å². The number of nitrogens with one attached hydrogen (secondary N) is 2. The van der Waals surface area contributed by atoms with Gasteiger partial charge in [-0.3, -0.25) is 9.78 Å². The summed E-state index contributed by atoms with van der Waals surface area (Å²) in [5.74, 6) is 0.0835. The SMILES string of the molecule is O=C(NCc1nn[nH]n1)c1cnccn1. The van der Waals surface area contributed by atoms with E-state index in [2.05, 4.69) is 35.9 Å². The lowest BCUT2D eigenvalue weighted by molar-refractivity contribution is 0.0944. The lowest BCUT2D eigenvalue weighted by Gasteiger charge is -1.99. The molecule has 0 aromatic carbocycles. The molecule has 76 valence electrons.